The highest BCUT2D eigenvalue weighted by Crippen LogP contribution is 2.43. The number of nitrogens with one attached hydrogen (secondary N) is 1. The maximum absolute atomic E-state index is 12.8. The summed E-state index contributed by atoms with van der Waals surface area (Å²) >= 11 is 0. The van der Waals surface area contributed by atoms with E-state index in [1.165, 1.54) is 193 Å². The van der Waals surface area contributed by atoms with Crippen LogP contribution in [-0.4, -0.2) is 47.8 Å². The Balaban J connectivity index is 3.97. The number of aliphatic hydroxyl groups is 1. The molecule has 0 aromatic carbocycles. The molecule has 0 radical (unpaired) electrons. The molecule has 0 aliphatic heterocycles. The topological polar surface area (TPSA) is 131 Å². The van der Waals surface area contributed by atoms with Gasteiger partial charge in [0, 0.05) is 13.0 Å². The van der Waals surface area contributed by atoms with E-state index in [9.17, 15) is 19.4 Å². The maximum Gasteiger partial charge on any atom is 0.472 e. The number of phosphoric acid groups is 1. The van der Waals surface area contributed by atoms with Crippen LogP contribution in [0.25, 0.3) is 0 Å². The molecular formula is C46H95N2O6P. The number of carbonyl (C=O) groups excluding carboxylic acids is 1. The molecule has 0 rings (SSSR count). The number of unbranched alkanes of at least 4 members (excludes halogenated alkanes) is 34. The van der Waals surface area contributed by atoms with E-state index in [-0.39, 0.29) is 25.7 Å². The SMILES string of the molecule is CCCCCCCCCCCCCCCCCCCCCCCCCC(=O)N[C@@H](COP(=O)(O)OCCN)[C@H](O)CCCCCCCCCCCCCCC. The molecule has 0 spiro atoms. The van der Waals surface area contributed by atoms with Crippen molar-refractivity contribution in [2.24, 2.45) is 5.73 Å². The van der Waals surface area contributed by atoms with E-state index in [4.69, 9.17) is 14.8 Å². The smallest absolute Gasteiger partial charge is 0.391 e. The van der Waals surface area contributed by atoms with E-state index >= 15 is 0 Å². The minimum Gasteiger partial charge on any atom is -0.391 e. The molecule has 0 aromatic heterocycles. The minimum absolute atomic E-state index is 0.0926. The molecule has 330 valence electrons. The van der Waals surface area contributed by atoms with Crippen molar-refractivity contribution in [2.45, 2.75) is 270 Å². The quantitative estimate of drug-likeness (QED) is 0.0356. The molecule has 1 unspecified atom stereocenters. The van der Waals surface area contributed by atoms with Gasteiger partial charge >= 0.3 is 7.82 Å². The molecule has 0 saturated carbocycles. The number of amides is 1. The van der Waals surface area contributed by atoms with Crippen molar-refractivity contribution in [3.8, 4) is 0 Å². The van der Waals surface area contributed by atoms with E-state index < -0.39 is 20.0 Å². The summed E-state index contributed by atoms with van der Waals surface area (Å²) in [6.45, 7) is 4.24. The van der Waals surface area contributed by atoms with Crippen LogP contribution in [0.2, 0.25) is 0 Å². The summed E-state index contributed by atoms with van der Waals surface area (Å²) in [4.78, 5) is 22.8. The van der Waals surface area contributed by atoms with Crippen molar-refractivity contribution in [1.29, 1.82) is 0 Å². The van der Waals surface area contributed by atoms with E-state index in [1.807, 2.05) is 0 Å². The highest BCUT2D eigenvalue weighted by molar-refractivity contribution is 7.47. The molecule has 0 aromatic rings. The molecule has 0 fully saturated rings. The zero-order chi connectivity index (χ0) is 40.3. The van der Waals surface area contributed by atoms with Crippen LogP contribution in [-0.2, 0) is 18.4 Å². The Labute approximate surface area is 342 Å². The lowest BCUT2D eigenvalue weighted by atomic mass is 10.0. The number of hydrogen-bond donors (Lipinski definition) is 4. The van der Waals surface area contributed by atoms with Crippen LogP contribution in [0.5, 0.6) is 0 Å². The third-order valence-corrected chi connectivity index (χ3v) is 12.2. The Morgan fingerprint density at radius 2 is 0.836 bits per heavy atom. The number of aliphatic hydroxyl groups excluding tert-OH is 1. The lowest BCUT2D eigenvalue weighted by Gasteiger charge is -2.25. The number of nitrogens with two attached hydrogens (primary N) is 1. The van der Waals surface area contributed by atoms with Crippen molar-refractivity contribution in [3.63, 3.8) is 0 Å². The standard InChI is InChI=1S/C46H95N2O6P/c1-3-5-7-9-11-13-15-17-18-19-20-21-22-23-24-25-26-28-30-32-34-36-38-40-46(50)48-44(43-54-55(51,52)53-42-41-47)45(49)39-37-35-33-31-29-27-16-14-12-10-8-6-4-2/h44-45,49H,3-43,47H2,1-2H3,(H,48,50)(H,51,52)/t44-,45+/m0/s1. The van der Waals surface area contributed by atoms with E-state index in [0.717, 1.165) is 38.5 Å². The first kappa shape index (κ1) is 54.5. The summed E-state index contributed by atoms with van der Waals surface area (Å²) in [5.74, 6) is -0.155. The Morgan fingerprint density at radius 3 is 1.16 bits per heavy atom. The van der Waals surface area contributed by atoms with E-state index in [0.29, 0.717) is 12.8 Å². The third-order valence-electron chi connectivity index (χ3n) is 11.2. The first-order chi connectivity index (χ1) is 26.9. The average molecular weight is 803 g/mol. The second kappa shape index (κ2) is 43.1. The van der Waals surface area contributed by atoms with Crippen LogP contribution >= 0.6 is 7.82 Å². The summed E-state index contributed by atoms with van der Waals surface area (Å²) in [7, 11) is -4.31. The number of carbonyl (C=O) groups is 1. The highest BCUT2D eigenvalue weighted by Gasteiger charge is 2.27. The van der Waals surface area contributed by atoms with Crippen LogP contribution in [0.1, 0.15) is 258 Å². The summed E-state index contributed by atoms with van der Waals surface area (Å²) in [5, 5.41) is 13.8. The summed E-state index contributed by atoms with van der Waals surface area (Å²) < 4.78 is 22.2. The molecular weight excluding hydrogens is 707 g/mol. The van der Waals surface area contributed by atoms with Crippen molar-refractivity contribution in [2.75, 3.05) is 19.8 Å². The molecule has 0 heterocycles. The minimum atomic E-state index is -4.31. The lowest BCUT2D eigenvalue weighted by molar-refractivity contribution is -0.123. The fourth-order valence-electron chi connectivity index (χ4n) is 7.55. The van der Waals surface area contributed by atoms with Gasteiger partial charge in [0.15, 0.2) is 0 Å². The van der Waals surface area contributed by atoms with Gasteiger partial charge in [-0.25, -0.2) is 4.57 Å². The van der Waals surface area contributed by atoms with Crippen molar-refractivity contribution >= 4 is 13.7 Å². The Morgan fingerprint density at radius 1 is 0.527 bits per heavy atom. The molecule has 8 nitrogen and oxygen atoms in total. The molecule has 9 heteroatoms. The van der Waals surface area contributed by atoms with Gasteiger partial charge < -0.3 is 21.1 Å². The number of hydrogen-bond acceptors (Lipinski definition) is 6. The van der Waals surface area contributed by atoms with Gasteiger partial charge in [0.1, 0.15) is 0 Å². The zero-order valence-corrected chi connectivity index (χ0v) is 37.6. The molecule has 5 N–H and O–H groups in total. The lowest BCUT2D eigenvalue weighted by Crippen LogP contribution is -2.46. The average Bonchev–Trinajstić information content (AvgIpc) is 3.17. The van der Waals surface area contributed by atoms with Gasteiger partial charge in [0.25, 0.3) is 0 Å². The second-order valence-corrected chi connectivity index (χ2v) is 18.1. The van der Waals surface area contributed by atoms with Gasteiger partial charge in [-0.15, -0.1) is 0 Å². The predicted octanol–water partition coefficient (Wildman–Crippen LogP) is 13.8. The van der Waals surface area contributed by atoms with Gasteiger partial charge in [-0.05, 0) is 12.8 Å². The van der Waals surface area contributed by atoms with Crippen LogP contribution in [0.3, 0.4) is 0 Å². The number of phosphoric ester groups is 1. The van der Waals surface area contributed by atoms with E-state index in [1.54, 1.807) is 0 Å². The molecule has 55 heavy (non-hydrogen) atoms. The third kappa shape index (κ3) is 41.5. The Kier molecular flexibility index (Phi) is 42.7. The van der Waals surface area contributed by atoms with E-state index in [2.05, 4.69) is 19.2 Å². The highest BCUT2D eigenvalue weighted by atomic mass is 31.2. The van der Waals surface area contributed by atoms with Crippen LogP contribution in [0.4, 0.5) is 0 Å². The van der Waals surface area contributed by atoms with Crippen molar-refractivity contribution in [3.05, 3.63) is 0 Å². The van der Waals surface area contributed by atoms with Crippen molar-refractivity contribution in [1.82, 2.24) is 5.32 Å². The van der Waals surface area contributed by atoms with Gasteiger partial charge in [-0.2, -0.15) is 0 Å². The van der Waals surface area contributed by atoms with Gasteiger partial charge in [0.2, 0.25) is 5.91 Å². The fraction of sp³-hybridized carbons (Fsp3) is 0.978. The molecule has 1 amide bonds. The zero-order valence-electron chi connectivity index (χ0n) is 36.7. The Hall–Kier alpha value is -0.500. The number of rotatable bonds is 46. The fourth-order valence-corrected chi connectivity index (χ4v) is 8.31. The molecule has 0 bridgehead atoms. The maximum atomic E-state index is 12.8. The molecule has 0 aliphatic carbocycles. The predicted molar refractivity (Wildman–Crippen MR) is 236 cm³/mol. The monoisotopic (exact) mass is 803 g/mol. The first-order valence-electron chi connectivity index (χ1n) is 24.2. The second-order valence-electron chi connectivity index (χ2n) is 16.7. The molecule has 0 saturated heterocycles. The first-order valence-corrected chi connectivity index (χ1v) is 25.6. The van der Waals surface area contributed by atoms with Crippen LogP contribution in [0.15, 0.2) is 0 Å². The largest absolute Gasteiger partial charge is 0.472 e. The van der Waals surface area contributed by atoms with Gasteiger partial charge in [-0.1, -0.05) is 239 Å². The molecule has 3 atom stereocenters. The normalized spacial score (nSPS) is 13.9. The van der Waals surface area contributed by atoms with Gasteiger partial charge in [-0.3, -0.25) is 13.8 Å². The van der Waals surface area contributed by atoms with Crippen LogP contribution < -0.4 is 11.1 Å². The summed E-state index contributed by atoms with van der Waals surface area (Å²) in [5.41, 5.74) is 5.39. The van der Waals surface area contributed by atoms with Crippen molar-refractivity contribution < 1.29 is 28.4 Å². The summed E-state index contributed by atoms with van der Waals surface area (Å²) in [6.07, 6.45) is 46.9. The Bertz CT molecular complexity index is 834. The van der Waals surface area contributed by atoms with Gasteiger partial charge in [0.05, 0.1) is 25.4 Å². The summed E-state index contributed by atoms with van der Waals surface area (Å²) in [6, 6.07) is -0.767. The van der Waals surface area contributed by atoms with Crippen LogP contribution in [0, 0.1) is 0 Å². The molecule has 0 aliphatic rings.